The molecule has 1 fully saturated rings. The van der Waals surface area contributed by atoms with Gasteiger partial charge in [-0.2, -0.15) is 0 Å². The molecule has 0 bridgehead atoms. The molecule has 0 spiro atoms. The van der Waals surface area contributed by atoms with Crippen LogP contribution < -0.4 is 5.32 Å². The quantitative estimate of drug-likeness (QED) is 0.682. The SMILES string of the molecule is CCOC(=O)c1ccccc1NC(=O)CN1CCN(C/C=C/c2ccccc2)CC1. The maximum absolute atomic E-state index is 12.5. The fraction of sp³-hybridized carbons (Fsp3) is 0.333. The number of esters is 1. The first-order valence-corrected chi connectivity index (χ1v) is 10.4. The van der Waals surface area contributed by atoms with Crippen LogP contribution in [-0.4, -0.2) is 67.6 Å². The Kier molecular flexibility index (Phi) is 8.18. The summed E-state index contributed by atoms with van der Waals surface area (Å²) in [6.45, 7) is 6.80. The smallest absolute Gasteiger partial charge is 0.340 e. The molecular weight excluding hydrogens is 378 g/mol. The summed E-state index contributed by atoms with van der Waals surface area (Å²) in [4.78, 5) is 29.1. The van der Waals surface area contributed by atoms with Crippen LogP contribution in [0.5, 0.6) is 0 Å². The highest BCUT2D eigenvalue weighted by Crippen LogP contribution is 2.16. The third-order valence-corrected chi connectivity index (χ3v) is 5.00. The number of nitrogens with zero attached hydrogens (tertiary/aromatic N) is 2. The Morgan fingerprint density at radius 1 is 0.967 bits per heavy atom. The lowest BCUT2D eigenvalue weighted by Gasteiger charge is -2.33. The van der Waals surface area contributed by atoms with E-state index in [1.807, 2.05) is 18.2 Å². The van der Waals surface area contributed by atoms with Gasteiger partial charge >= 0.3 is 5.97 Å². The standard InChI is InChI=1S/C24H29N3O3/c1-2-30-24(29)21-12-6-7-13-22(21)25-23(28)19-27-17-15-26(16-18-27)14-8-11-20-9-4-3-5-10-20/h3-13H,2,14-19H2,1H3,(H,25,28)/b11-8+. The fourth-order valence-electron chi connectivity index (χ4n) is 3.40. The highest BCUT2D eigenvalue weighted by atomic mass is 16.5. The van der Waals surface area contributed by atoms with Crippen LogP contribution in [0.15, 0.2) is 60.7 Å². The molecule has 0 aromatic heterocycles. The summed E-state index contributed by atoms with van der Waals surface area (Å²) in [5.41, 5.74) is 2.07. The number of hydrogen-bond acceptors (Lipinski definition) is 5. The van der Waals surface area contributed by atoms with Gasteiger partial charge in [-0.1, -0.05) is 54.6 Å². The van der Waals surface area contributed by atoms with Crippen molar-refractivity contribution >= 4 is 23.6 Å². The molecule has 1 aliphatic heterocycles. The van der Waals surface area contributed by atoms with Gasteiger partial charge in [0.15, 0.2) is 0 Å². The summed E-state index contributed by atoms with van der Waals surface area (Å²) in [5, 5.41) is 2.85. The highest BCUT2D eigenvalue weighted by molar-refractivity contribution is 6.01. The minimum absolute atomic E-state index is 0.121. The second-order valence-corrected chi connectivity index (χ2v) is 7.20. The number of rotatable bonds is 8. The van der Waals surface area contributed by atoms with E-state index in [9.17, 15) is 9.59 Å². The van der Waals surface area contributed by atoms with Crippen molar-refractivity contribution in [1.29, 1.82) is 0 Å². The molecule has 1 amide bonds. The molecular formula is C24H29N3O3. The first-order chi connectivity index (χ1) is 14.7. The minimum atomic E-state index is -0.425. The Morgan fingerprint density at radius 3 is 2.37 bits per heavy atom. The van der Waals surface area contributed by atoms with E-state index in [0.29, 0.717) is 24.4 Å². The molecule has 1 heterocycles. The van der Waals surface area contributed by atoms with Crippen LogP contribution in [0.1, 0.15) is 22.8 Å². The minimum Gasteiger partial charge on any atom is -0.462 e. The molecule has 0 radical (unpaired) electrons. The van der Waals surface area contributed by atoms with Crippen molar-refractivity contribution in [3.63, 3.8) is 0 Å². The molecule has 0 unspecified atom stereocenters. The summed E-state index contributed by atoms with van der Waals surface area (Å²) in [6.07, 6.45) is 4.32. The van der Waals surface area contributed by atoms with E-state index in [4.69, 9.17) is 4.74 Å². The normalized spacial score (nSPS) is 15.2. The van der Waals surface area contributed by atoms with E-state index in [1.165, 1.54) is 5.56 Å². The van der Waals surface area contributed by atoms with Gasteiger partial charge in [0.25, 0.3) is 0 Å². The lowest BCUT2D eigenvalue weighted by molar-refractivity contribution is -0.117. The molecule has 30 heavy (non-hydrogen) atoms. The van der Waals surface area contributed by atoms with Crippen molar-refractivity contribution in [2.24, 2.45) is 0 Å². The molecule has 6 heteroatoms. The molecule has 2 aromatic carbocycles. The number of amides is 1. The van der Waals surface area contributed by atoms with Crippen molar-refractivity contribution in [1.82, 2.24) is 9.80 Å². The van der Waals surface area contributed by atoms with Crippen molar-refractivity contribution in [2.45, 2.75) is 6.92 Å². The monoisotopic (exact) mass is 407 g/mol. The van der Waals surface area contributed by atoms with Crippen LogP contribution in [0.2, 0.25) is 0 Å². The largest absolute Gasteiger partial charge is 0.462 e. The summed E-state index contributed by atoms with van der Waals surface area (Å²) < 4.78 is 5.06. The predicted octanol–water partition coefficient (Wildman–Crippen LogP) is 3.13. The van der Waals surface area contributed by atoms with Crippen LogP contribution in [0, 0.1) is 0 Å². The molecule has 1 N–H and O–H groups in total. The van der Waals surface area contributed by atoms with Gasteiger partial charge in [0.1, 0.15) is 0 Å². The topological polar surface area (TPSA) is 61.9 Å². The Bertz CT molecular complexity index is 859. The number of ether oxygens (including phenoxy) is 1. The lowest BCUT2D eigenvalue weighted by atomic mass is 10.1. The number of piperazine rings is 1. The zero-order valence-corrected chi connectivity index (χ0v) is 17.4. The van der Waals surface area contributed by atoms with Gasteiger partial charge in [-0.05, 0) is 24.6 Å². The van der Waals surface area contributed by atoms with Crippen LogP contribution in [0.4, 0.5) is 5.69 Å². The zero-order valence-electron chi connectivity index (χ0n) is 17.4. The maximum Gasteiger partial charge on any atom is 0.340 e. The van der Waals surface area contributed by atoms with Gasteiger partial charge in [0.2, 0.25) is 5.91 Å². The average molecular weight is 408 g/mol. The van der Waals surface area contributed by atoms with E-state index in [2.05, 4.69) is 39.4 Å². The van der Waals surface area contributed by atoms with Crippen LogP contribution in [0.3, 0.4) is 0 Å². The average Bonchev–Trinajstić information content (AvgIpc) is 2.76. The number of benzene rings is 2. The number of anilines is 1. The van der Waals surface area contributed by atoms with Crippen LogP contribution in [-0.2, 0) is 9.53 Å². The summed E-state index contributed by atoms with van der Waals surface area (Å²) in [5.74, 6) is -0.547. The summed E-state index contributed by atoms with van der Waals surface area (Å²) in [7, 11) is 0. The van der Waals surface area contributed by atoms with Crippen molar-refractivity contribution in [3.8, 4) is 0 Å². The van der Waals surface area contributed by atoms with Gasteiger partial charge in [-0.25, -0.2) is 4.79 Å². The Labute approximate surface area is 178 Å². The molecule has 1 saturated heterocycles. The Hall–Kier alpha value is -2.96. The van der Waals surface area contributed by atoms with E-state index in [-0.39, 0.29) is 5.91 Å². The molecule has 0 aliphatic carbocycles. The first kappa shape index (κ1) is 21.7. The summed E-state index contributed by atoms with van der Waals surface area (Å²) in [6, 6.07) is 17.2. The molecule has 0 atom stereocenters. The van der Waals surface area contributed by atoms with E-state index >= 15 is 0 Å². The predicted molar refractivity (Wildman–Crippen MR) is 119 cm³/mol. The Balaban J connectivity index is 1.43. The third kappa shape index (κ3) is 6.54. The molecule has 1 aliphatic rings. The van der Waals surface area contributed by atoms with Gasteiger partial charge < -0.3 is 10.1 Å². The highest BCUT2D eigenvalue weighted by Gasteiger charge is 2.19. The summed E-state index contributed by atoms with van der Waals surface area (Å²) >= 11 is 0. The van der Waals surface area contributed by atoms with Crippen molar-refractivity contribution in [2.75, 3.05) is 51.2 Å². The second kappa shape index (κ2) is 11.3. The van der Waals surface area contributed by atoms with Gasteiger partial charge in [-0.15, -0.1) is 0 Å². The van der Waals surface area contributed by atoms with Gasteiger partial charge in [0.05, 0.1) is 24.4 Å². The van der Waals surface area contributed by atoms with Crippen LogP contribution in [0.25, 0.3) is 6.08 Å². The van der Waals surface area contributed by atoms with E-state index < -0.39 is 5.97 Å². The number of carbonyl (C=O) groups excluding carboxylic acids is 2. The number of para-hydroxylation sites is 1. The molecule has 6 nitrogen and oxygen atoms in total. The zero-order chi connectivity index (χ0) is 21.2. The van der Waals surface area contributed by atoms with E-state index in [0.717, 1.165) is 32.7 Å². The van der Waals surface area contributed by atoms with Crippen molar-refractivity contribution in [3.05, 3.63) is 71.8 Å². The number of nitrogens with one attached hydrogen (secondary N) is 1. The van der Waals surface area contributed by atoms with Crippen LogP contribution >= 0.6 is 0 Å². The maximum atomic E-state index is 12.5. The molecule has 2 aromatic rings. The second-order valence-electron chi connectivity index (χ2n) is 7.20. The molecule has 3 rings (SSSR count). The number of carbonyl (C=O) groups is 2. The number of hydrogen-bond donors (Lipinski definition) is 1. The first-order valence-electron chi connectivity index (χ1n) is 10.4. The third-order valence-electron chi connectivity index (χ3n) is 5.00. The van der Waals surface area contributed by atoms with Gasteiger partial charge in [0, 0.05) is 32.7 Å². The Morgan fingerprint density at radius 2 is 1.63 bits per heavy atom. The lowest BCUT2D eigenvalue weighted by Crippen LogP contribution is -2.48. The fourth-order valence-corrected chi connectivity index (χ4v) is 3.40. The molecule has 158 valence electrons. The molecule has 0 saturated carbocycles. The van der Waals surface area contributed by atoms with Gasteiger partial charge in [-0.3, -0.25) is 14.6 Å². The van der Waals surface area contributed by atoms with Crippen molar-refractivity contribution < 1.29 is 14.3 Å². The van der Waals surface area contributed by atoms with E-state index in [1.54, 1.807) is 31.2 Å².